The number of hydrogen-bond acceptors (Lipinski definition) is 5. The number of amides is 1. The molecule has 4 rings (SSSR count). The van der Waals surface area contributed by atoms with Crippen molar-refractivity contribution in [2.45, 2.75) is 26.8 Å². The highest BCUT2D eigenvalue weighted by atomic mass is 32.1. The Bertz CT molecular complexity index is 1040. The molecule has 168 valence electrons. The fourth-order valence-corrected chi connectivity index (χ4v) is 4.91. The van der Waals surface area contributed by atoms with Crippen LogP contribution in [0.1, 0.15) is 23.7 Å². The summed E-state index contributed by atoms with van der Waals surface area (Å²) in [6.07, 6.45) is 0.319. The van der Waals surface area contributed by atoms with Gasteiger partial charge in [-0.05, 0) is 44.2 Å². The summed E-state index contributed by atoms with van der Waals surface area (Å²) in [7, 11) is 2.18. The molecular formula is C26H32N4OS. The number of benzene rings is 2. The van der Waals surface area contributed by atoms with Crippen LogP contribution in [0, 0.1) is 6.92 Å². The highest BCUT2D eigenvalue weighted by Crippen LogP contribution is 2.25. The van der Waals surface area contributed by atoms with Crippen molar-refractivity contribution in [2.75, 3.05) is 44.7 Å². The van der Waals surface area contributed by atoms with Crippen molar-refractivity contribution in [1.82, 2.24) is 14.8 Å². The van der Waals surface area contributed by atoms with E-state index in [4.69, 9.17) is 4.98 Å². The lowest BCUT2D eigenvalue weighted by Crippen LogP contribution is -2.43. The van der Waals surface area contributed by atoms with Crippen LogP contribution in [-0.2, 0) is 17.8 Å². The normalized spacial score (nSPS) is 15.1. The van der Waals surface area contributed by atoms with Crippen LogP contribution in [0.25, 0.3) is 10.6 Å². The van der Waals surface area contributed by atoms with Gasteiger partial charge < -0.3 is 9.80 Å². The second kappa shape index (κ2) is 10.4. The van der Waals surface area contributed by atoms with Crippen molar-refractivity contribution in [3.05, 3.63) is 70.7 Å². The number of hydrogen-bond donors (Lipinski definition) is 0. The SMILES string of the molecule is CCN(C(=O)Cc1csc(-c2ccc(CN3CCN(C)CC3)cc2)n1)c1cccc(C)c1. The van der Waals surface area contributed by atoms with Crippen LogP contribution in [0.3, 0.4) is 0 Å². The minimum Gasteiger partial charge on any atom is -0.312 e. The van der Waals surface area contributed by atoms with Crippen LogP contribution in [0.4, 0.5) is 5.69 Å². The fourth-order valence-electron chi connectivity index (χ4n) is 4.09. The number of thiazole rings is 1. The molecule has 0 spiro atoms. The molecule has 1 saturated heterocycles. The van der Waals surface area contributed by atoms with Crippen LogP contribution < -0.4 is 4.90 Å². The third kappa shape index (κ3) is 5.63. The average Bonchev–Trinajstić information content (AvgIpc) is 3.25. The third-order valence-electron chi connectivity index (χ3n) is 6.02. The van der Waals surface area contributed by atoms with Gasteiger partial charge in [0.05, 0.1) is 12.1 Å². The molecule has 0 radical (unpaired) electrons. The second-order valence-electron chi connectivity index (χ2n) is 8.57. The Labute approximate surface area is 195 Å². The predicted octanol–water partition coefficient (Wildman–Crippen LogP) is 4.46. The summed E-state index contributed by atoms with van der Waals surface area (Å²) in [5.74, 6) is 0.0810. The van der Waals surface area contributed by atoms with E-state index in [1.807, 2.05) is 42.3 Å². The maximum absolute atomic E-state index is 12.9. The first-order valence-electron chi connectivity index (χ1n) is 11.3. The summed E-state index contributed by atoms with van der Waals surface area (Å²) >= 11 is 1.61. The number of nitrogens with zero attached hydrogens (tertiary/aromatic N) is 4. The number of piperazine rings is 1. The minimum atomic E-state index is 0.0810. The number of rotatable bonds is 7. The molecule has 1 aliphatic rings. The van der Waals surface area contributed by atoms with Gasteiger partial charge in [0.25, 0.3) is 0 Å². The molecule has 0 saturated carbocycles. The first kappa shape index (κ1) is 22.6. The number of aryl methyl sites for hydroxylation is 1. The van der Waals surface area contributed by atoms with Gasteiger partial charge in [0.2, 0.25) is 5.91 Å². The number of carbonyl (C=O) groups is 1. The van der Waals surface area contributed by atoms with Crippen molar-refractivity contribution in [1.29, 1.82) is 0 Å². The van der Waals surface area contributed by atoms with E-state index in [2.05, 4.69) is 47.2 Å². The maximum Gasteiger partial charge on any atom is 0.233 e. The van der Waals surface area contributed by atoms with Crippen LogP contribution in [-0.4, -0.2) is 60.5 Å². The monoisotopic (exact) mass is 448 g/mol. The summed E-state index contributed by atoms with van der Waals surface area (Å²) in [6, 6.07) is 16.8. The van der Waals surface area contributed by atoms with Gasteiger partial charge in [-0.1, -0.05) is 36.4 Å². The highest BCUT2D eigenvalue weighted by molar-refractivity contribution is 7.13. The lowest BCUT2D eigenvalue weighted by atomic mass is 10.1. The Morgan fingerprint density at radius 2 is 1.84 bits per heavy atom. The minimum absolute atomic E-state index is 0.0810. The average molecular weight is 449 g/mol. The third-order valence-corrected chi connectivity index (χ3v) is 6.96. The molecule has 5 nitrogen and oxygen atoms in total. The smallest absolute Gasteiger partial charge is 0.233 e. The molecule has 0 atom stereocenters. The molecule has 1 aliphatic heterocycles. The van der Waals surface area contributed by atoms with E-state index in [1.54, 1.807) is 11.3 Å². The topological polar surface area (TPSA) is 39.7 Å². The van der Waals surface area contributed by atoms with Crippen LogP contribution in [0.2, 0.25) is 0 Å². The molecule has 1 amide bonds. The highest BCUT2D eigenvalue weighted by Gasteiger charge is 2.17. The molecule has 0 aliphatic carbocycles. The van der Waals surface area contributed by atoms with Gasteiger partial charge in [-0.3, -0.25) is 9.69 Å². The molecule has 32 heavy (non-hydrogen) atoms. The van der Waals surface area contributed by atoms with Crippen molar-refractivity contribution < 1.29 is 4.79 Å². The summed E-state index contributed by atoms with van der Waals surface area (Å²) < 4.78 is 0. The van der Waals surface area contributed by atoms with Crippen LogP contribution in [0.15, 0.2) is 53.9 Å². The van der Waals surface area contributed by atoms with Crippen molar-refractivity contribution in [3.63, 3.8) is 0 Å². The first-order valence-corrected chi connectivity index (χ1v) is 12.2. The maximum atomic E-state index is 12.9. The Hall–Kier alpha value is -2.54. The van der Waals surface area contributed by atoms with E-state index in [9.17, 15) is 4.79 Å². The quantitative estimate of drug-likeness (QED) is 0.535. The second-order valence-corrected chi connectivity index (χ2v) is 9.43. The van der Waals surface area contributed by atoms with Gasteiger partial charge in [-0.15, -0.1) is 11.3 Å². The first-order chi connectivity index (χ1) is 15.5. The summed E-state index contributed by atoms with van der Waals surface area (Å²) in [5.41, 5.74) is 5.39. The molecule has 0 unspecified atom stereocenters. The van der Waals surface area contributed by atoms with Gasteiger partial charge in [0, 0.05) is 55.9 Å². The van der Waals surface area contributed by atoms with Crippen LogP contribution >= 0.6 is 11.3 Å². The molecular weight excluding hydrogens is 416 g/mol. The van der Waals surface area contributed by atoms with Gasteiger partial charge in [-0.2, -0.15) is 0 Å². The standard InChI is InChI=1S/C26H32N4OS/c1-4-30(24-7-5-6-20(2)16-24)25(31)17-23-19-32-26(27-23)22-10-8-21(9-11-22)18-29-14-12-28(3)13-15-29/h5-11,16,19H,4,12-15,17-18H2,1-3H3. The van der Waals surface area contributed by atoms with E-state index in [-0.39, 0.29) is 5.91 Å². The van der Waals surface area contributed by atoms with Crippen LogP contribution in [0.5, 0.6) is 0 Å². The summed E-state index contributed by atoms with van der Waals surface area (Å²) in [6.45, 7) is 10.2. The number of carbonyl (C=O) groups excluding carboxylic acids is 1. The number of aromatic nitrogens is 1. The molecule has 3 aromatic rings. The molecule has 0 N–H and O–H groups in total. The molecule has 2 heterocycles. The Kier molecular flexibility index (Phi) is 7.35. The molecule has 0 bridgehead atoms. The molecule has 1 aromatic heterocycles. The van der Waals surface area contributed by atoms with Crippen molar-refractivity contribution in [3.8, 4) is 10.6 Å². The van der Waals surface area contributed by atoms with E-state index in [0.29, 0.717) is 13.0 Å². The number of anilines is 1. The Balaban J connectivity index is 1.38. The number of likely N-dealkylation sites (N-methyl/N-ethyl adjacent to an activating group) is 2. The summed E-state index contributed by atoms with van der Waals surface area (Å²) in [5, 5.41) is 2.98. The zero-order valence-corrected chi connectivity index (χ0v) is 20.1. The van der Waals surface area contributed by atoms with Gasteiger partial charge >= 0.3 is 0 Å². The summed E-state index contributed by atoms with van der Waals surface area (Å²) in [4.78, 5) is 24.4. The zero-order valence-electron chi connectivity index (χ0n) is 19.3. The molecule has 1 fully saturated rings. The Morgan fingerprint density at radius 1 is 1.09 bits per heavy atom. The zero-order chi connectivity index (χ0) is 22.5. The fraction of sp³-hybridized carbons (Fsp3) is 0.385. The van der Waals surface area contributed by atoms with E-state index >= 15 is 0 Å². The largest absolute Gasteiger partial charge is 0.312 e. The molecule has 2 aromatic carbocycles. The lowest BCUT2D eigenvalue weighted by Gasteiger charge is -2.32. The Morgan fingerprint density at radius 3 is 2.53 bits per heavy atom. The van der Waals surface area contributed by atoms with Crippen molar-refractivity contribution in [2.24, 2.45) is 0 Å². The van der Waals surface area contributed by atoms with E-state index < -0.39 is 0 Å². The van der Waals surface area contributed by atoms with Gasteiger partial charge in [0.15, 0.2) is 0 Å². The van der Waals surface area contributed by atoms with E-state index in [1.165, 1.54) is 5.56 Å². The van der Waals surface area contributed by atoms with Gasteiger partial charge in [-0.25, -0.2) is 4.98 Å². The molecule has 6 heteroatoms. The van der Waals surface area contributed by atoms with E-state index in [0.717, 1.165) is 60.2 Å². The predicted molar refractivity (Wildman–Crippen MR) is 133 cm³/mol. The van der Waals surface area contributed by atoms with Crippen molar-refractivity contribution >= 4 is 22.9 Å². The lowest BCUT2D eigenvalue weighted by molar-refractivity contribution is -0.118. The van der Waals surface area contributed by atoms with Gasteiger partial charge in [0.1, 0.15) is 5.01 Å².